The first-order chi connectivity index (χ1) is 7.45. The largest absolute Gasteiger partial charge is 0.492 e. The van der Waals surface area contributed by atoms with Crippen LogP contribution in [0.3, 0.4) is 0 Å². The van der Waals surface area contributed by atoms with Crippen LogP contribution in [0.2, 0.25) is 0 Å². The number of rotatable bonds is 4. The fourth-order valence-electron chi connectivity index (χ4n) is 1.42. The molecule has 90 valence electrons. The van der Waals surface area contributed by atoms with Crippen molar-refractivity contribution >= 4 is 9.84 Å². The van der Waals surface area contributed by atoms with Crippen molar-refractivity contribution in [1.29, 1.82) is 0 Å². The second-order valence-corrected chi connectivity index (χ2v) is 5.20. The molecule has 0 saturated heterocycles. The van der Waals surface area contributed by atoms with E-state index in [2.05, 4.69) is 0 Å². The number of aliphatic hydroxyl groups is 1. The van der Waals surface area contributed by atoms with E-state index < -0.39 is 9.84 Å². The predicted molar refractivity (Wildman–Crippen MR) is 58.6 cm³/mol. The van der Waals surface area contributed by atoms with Gasteiger partial charge in [0.15, 0.2) is 21.3 Å². The minimum absolute atomic E-state index is 0.0454. The van der Waals surface area contributed by atoms with E-state index in [0.717, 1.165) is 6.26 Å². The molecule has 0 aromatic heterocycles. The molecule has 0 aliphatic carbocycles. The summed E-state index contributed by atoms with van der Waals surface area (Å²) in [6.45, 7) is -0.246. The molecule has 16 heavy (non-hydrogen) atoms. The molecule has 0 spiro atoms. The topological polar surface area (TPSA) is 72.8 Å². The highest BCUT2D eigenvalue weighted by molar-refractivity contribution is 7.90. The summed E-state index contributed by atoms with van der Waals surface area (Å²) in [5, 5.41) is 9.08. The highest BCUT2D eigenvalue weighted by Crippen LogP contribution is 2.37. The standard InChI is InChI=1S/C10H14O5S/c1-14-9-7(6-11)4-5-8(10(9)15-2)16(3,12)13/h4-5,11H,6H2,1-3H3. The Balaban J connectivity index is 3.56. The van der Waals surface area contributed by atoms with Crippen molar-refractivity contribution in [2.24, 2.45) is 0 Å². The second-order valence-electron chi connectivity index (χ2n) is 3.22. The number of hydrogen-bond acceptors (Lipinski definition) is 5. The molecule has 1 aromatic rings. The van der Waals surface area contributed by atoms with E-state index in [-0.39, 0.29) is 23.0 Å². The van der Waals surface area contributed by atoms with Crippen LogP contribution in [0.4, 0.5) is 0 Å². The van der Waals surface area contributed by atoms with Crippen LogP contribution in [-0.2, 0) is 16.4 Å². The molecule has 6 heteroatoms. The van der Waals surface area contributed by atoms with Gasteiger partial charge in [-0.25, -0.2) is 8.42 Å². The maximum Gasteiger partial charge on any atom is 0.179 e. The smallest absolute Gasteiger partial charge is 0.179 e. The summed E-state index contributed by atoms with van der Waals surface area (Å²) in [7, 11) is -0.643. The molecule has 5 nitrogen and oxygen atoms in total. The summed E-state index contributed by atoms with van der Waals surface area (Å²) in [6, 6.07) is 2.89. The van der Waals surface area contributed by atoms with Gasteiger partial charge in [0.1, 0.15) is 4.90 Å². The van der Waals surface area contributed by atoms with Gasteiger partial charge in [0.25, 0.3) is 0 Å². The van der Waals surface area contributed by atoms with Gasteiger partial charge < -0.3 is 14.6 Å². The average Bonchev–Trinajstić information content (AvgIpc) is 2.25. The van der Waals surface area contributed by atoms with E-state index in [4.69, 9.17) is 14.6 Å². The maximum atomic E-state index is 11.5. The maximum absolute atomic E-state index is 11.5. The van der Waals surface area contributed by atoms with Crippen molar-refractivity contribution in [2.45, 2.75) is 11.5 Å². The Bertz CT molecular complexity index is 478. The van der Waals surface area contributed by atoms with Crippen LogP contribution in [0.5, 0.6) is 11.5 Å². The first-order valence-electron chi connectivity index (χ1n) is 4.50. The molecule has 0 heterocycles. The van der Waals surface area contributed by atoms with Crippen molar-refractivity contribution in [1.82, 2.24) is 0 Å². The van der Waals surface area contributed by atoms with Crippen molar-refractivity contribution in [3.63, 3.8) is 0 Å². The molecule has 0 atom stereocenters. The minimum atomic E-state index is -3.39. The van der Waals surface area contributed by atoms with Crippen LogP contribution in [0.25, 0.3) is 0 Å². The molecule has 1 aromatic carbocycles. The summed E-state index contributed by atoms with van der Waals surface area (Å²) in [5.41, 5.74) is 0.478. The van der Waals surface area contributed by atoms with E-state index in [1.807, 2.05) is 0 Å². The Morgan fingerprint density at radius 1 is 1.19 bits per heavy atom. The van der Waals surface area contributed by atoms with Gasteiger partial charge in [-0.3, -0.25) is 0 Å². The van der Waals surface area contributed by atoms with E-state index in [9.17, 15) is 8.42 Å². The summed E-state index contributed by atoms with van der Waals surface area (Å²) in [4.78, 5) is 0.0454. The van der Waals surface area contributed by atoms with E-state index in [1.54, 1.807) is 0 Å². The van der Waals surface area contributed by atoms with Gasteiger partial charge in [0.2, 0.25) is 0 Å². The van der Waals surface area contributed by atoms with Crippen molar-refractivity contribution in [3.05, 3.63) is 17.7 Å². The Morgan fingerprint density at radius 2 is 1.75 bits per heavy atom. The van der Waals surface area contributed by atoms with Crippen LogP contribution in [0.1, 0.15) is 5.56 Å². The first-order valence-corrected chi connectivity index (χ1v) is 6.39. The van der Waals surface area contributed by atoms with Gasteiger partial charge in [-0.1, -0.05) is 6.07 Å². The monoisotopic (exact) mass is 246 g/mol. The molecular weight excluding hydrogens is 232 g/mol. The van der Waals surface area contributed by atoms with Gasteiger partial charge in [0, 0.05) is 11.8 Å². The Morgan fingerprint density at radius 3 is 2.12 bits per heavy atom. The summed E-state index contributed by atoms with van der Waals surface area (Å²) >= 11 is 0. The number of hydrogen-bond donors (Lipinski definition) is 1. The number of ether oxygens (including phenoxy) is 2. The van der Waals surface area contributed by atoms with Crippen LogP contribution < -0.4 is 9.47 Å². The lowest BCUT2D eigenvalue weighted by Gasteiger charge is -2.14. The lowest BCUT2D eigenvalue weighted by molar-refractivity contribution is 0.269. The van der Waals surface area contributed by atoms with Gasteiger partial charge >= 0.3 is 0 Å². The van der Waals surface area contributed by atoms with Gasteiger partial charge in [-0.15, -0.1) is 0 Å². The third kappa shape index (κ3) is 2.28. The van der Waals surface area contributed by atoms with Gasteiger partial charge in [0.05, 0.1) is 20.8 Å². The highest BCUT2D eigenvalue weighted by Gasteiger charge is 2.20. The van der Waals surface area contributed by atoms with Crippen LogP contribution in [0, 0.1) is 0 Å². The van der Waals surface area contributed by atoms with Crippen LogP contribution >= 0.6 is 0 Å². The molecule has 1 rings (SSSR count). The highest BCUT2D eigenvalue weighted by atomic mass is 32.2. The molecule has 0 saturated carbocycles. The third-order valence-electron chi connectivity index (χ3n) is 2.14. The Kier molecular flexibility index (Phi) is 3.77. The minimum Gasteiger partial charge on any atom is -0.492 e. The van der Waals surface area contributed by atoms with Crippen molar-refractivity contribution in [3.8, 4) is 11.5 Å². The third-order valence-corrected chi connectivity index (χ3v) is 3.26. The van der Waals surface area contributed by atoms with E-state index in [1.165, 1.54) is 26.4 Å². The number of benzene rings is 1. The van der Waals surface area contributed by atoms with Crippen molar-refractivity contribution in [2.75, 3.05) is 20.5 Å². The lowest BCUT2D eigenvalue weighted by Crippen LogP contribution is -2.04. The fourth-order valence-corrected chi connectivity index (χ4v) is 2.25. The number of aliphatic hydroxyl groups excluding tert-OH is 1. The molecule has 0 bridgehead atoms. The van der Waals surface area contributed by atoms with Gasteiger partial charge in [-0.05, 0) is 6.07 Å². The normalized spacial score (nSPS) is 11.2. The average molecular weight is 246 g/mol. The molecular formula is C10H14O5S. The quantitative estimate of drug-likeness (QED) is 0.842. The molecule has 1 N–H and O–H groups in total. The molecule has 0 aliphatic rings. The lowest BCUT2D eigenvalue weighted by atomic mass is 10.2. The summed E-state index contributed by atoms with van der Waals surface area (Å²) in [5.74, 6) is 0.365. The summed E-state index contributed by atoms with van der Waals surface area (Å²) in [6.07, 6.45) is 1.09. The predicted octanol–water partition coefficient (Wildman–Crippen LogP) is 0.600. The zero-order chi connectivity index (χ0) is 12.3. The van der Waals surface area contributed by atoms with Crippen molar-refractivity contribution < 1.29 is 23.0 Å². The Hall–Kier alpha value is -1.27. The first kappa shape index (κ1) is 12.8. The molecule has 0 radical (unpaired) electrons. The molecule has 0 unspecified atom stereocenters. The summed E-state index contributed by atoms with van der Waals surface area (Å²) < 4.78 is 33.0. The molecule has 0 amide bonds. The second kappa shape index (κ2) is 4.71. The van der Waals surface area contributed by atoms with Crippen LogP contribution in [0.15, 0.2) is 17.0 Å². The number of sulfone groups is 1. The molecule has 0 fully saturated rings. The van der Waals surface area contributed by atoms with Gasteiger partial charge in [-0.2, -0.15) is 0 Å². The Labute approximate surface area is 94.5 Å². The zero-order valence-electron chi connectivity index (χ0n) is 9.35. The number of methoxy groups -OCH3 is 2. The SMILES string of the molecule is COc1c(CO)ccc(S(C)(=O)=O)c1OC. The van der Waals surface area contributed by atoms with Crippen LogP contribution in [-0.4, -0.2) is 34.0 Å². The van der Waals surface area contributed by atoms with E-state index >= 15 is 0 Å². The molecule has 0 aliphatic heterocycles. The fraction of sp³-hybridized carbons (Fsp3) is 0.400. The zero-order valence-corrected chi connectivity index (χ0v) is 10.2. The van der Waals surface area contributed by atoms with E-state index in [0.29, 0.717) is 5.56 Å².